The van der Waals surface area contributed by atoms with Crippen LogP contribution in [0.5, 0.6) is 0 Å². The molecule has 0 aliphatic heterocycles. The lowest BCUT2D eigenvalue weighted by Crippen LogP contribution is -2.36. The molecule has 1 amide bonds. The van der Waals surface area contributed by atoms with Crippen molar-refractivity contribution in [3.63, 3.8) is 0 Å². The molecule has 3 N–H and O–H groups in total. The average Bonchev–Trinajstić information content (AvgIpc) is 2.55. The first-order valence-electron chi connectivity index (χ1n) is 8.04. The van der Waals surface area contributed by atoms with Gasteiger partial charge in [-0.2, -0.15) is 0 Å². The fraction of sp³-hybridized carbons (Fsp3) is 0.316. The zero-order valence-electron chi connectivity index (χ0n) is 14.5. The van der Waals surface area contributed by atoms with Gasteiger partial charge in [0.15, 0.2) is 0 Å². The van der Waals surface area contributed by atoms with Crippen molar-refractivity contribution in [2.45, 2.75) is 37.0 Å². The second-order valence-electron chi connectivity index (χ2n) is 6.23. The third-order valence-electron chi connectivity index (χ3n) is 3.56. The van der Waals surface area contributed by atoms with Crippen LogP contribution in [0, 0.1) is 5.92 Å². The predicted molar refractivity (Wildman–Crippen MR) is 106 cm³/mol. The normalized spacial score (nSPS) is 13.0. The molecule has 6 heteroatoms. The van der Waals surface area contributed by atoms with Crippen molar-refractivity contribution in [3.8, 4) is 0 Å². The van der Waals surface area contributed by atoms with Gasteiger partial charge in [-0.1, -0.05) is 44.2 Å². The number of nitrogens with two attached hydrogens (primary N) is 1. The van der Waals surface area contributed by atoms with Crippen molar-refractivity contribution >= 4 is 34.8 Å². The molecule has 2 atom stereocenters. The van der Waals surface area contributed by atoms with Crippen LogP contribution in [0.4, 0.5) is 5.69 Å². The summed E-state index contributed by atoms with van der Waals surface area (Å²) in [6.07, 6.45) is 0.642. The molecule has 0 aliphatic carbocycles. The van der Waals surface area contributed by atoms with Gasteiger partial charge in [0, 0.05) is 10.6 Å². The zero-order valence-corrected chi connectivity index (χ0v) is 16.1. The number of hydrogen-bond acceptors (Lipinski definition) is 3. The summed E-state index contributed by atoms with van der Waals surface area (Å²) in [5.74, 6) is 0.585. The Morgan fingerprint density at radius 1 is 1.12 bits per heavy atom. The Hall–Kier alpha value is -1.69. The van der Waals surface area contributed by atoms with Gasteiger partial charge in [-0.15, -0.1) is 12.4 Å². The van der Waals surface area contributed by atoms with Crippen molar-refractivity contribution in [2.75, 3.05) is 5.32 Å². The summed E-state index contributed by atoms with van der Waals surface area (Å²) < 4.78 is 12.4. The van der Waals surface area contributed by atoms with Gasteiger partial charge in [0.05, 0.1) is 22.6 Å². The van der Waals surface area contributed by atoms with Crippen LogP contribution < -0.4 is 11.1 Å². The molecule has 25 heavy (non-hydrogen) atoms. The van der Waals surface area contributed by atoms with Gasteiger partial charge in [-0.25, -0.2) is 0 Å². The first kappa shape index (κ1) is 21.4. The largest absolute Gasteiger partial charge is 0.325 e. The maximum Gasteiger partial charge on any atom is 0.241 e. The minimum absolute atomic E-state index is 0. The van der Waals surface area contributed by atoms with E-state index in [2.05, 4.69) is 5.32 Å². The highest BCUT2D eigenvalue weighted by atomic mass is 35.5. The molecule has 0 saturated carbocycles. The molecule has 0 saturated heterocycles. The number of amides is 1. The molecule has 2 aromatic rings. The third kappa shape index (κ3) is 6.98. The first-order chi connectivity index (χ1) is 11.5. The number of carbonyl (C=O) groups is 1. The smallest absolute Gasteiger partial charge is 0.241 e. The maximum atomic E-state index is 12.4. The average molecular weight is 381 g/mol. The van der Waals surface area contributed by atoms with Crippen LogP contribution in [0.2, 0.25) is 0 Å². The summed E-state index contributed by atoms with van der Waals surface area (Å²) >= 11 is 0. The Kier molecular flexibility index (Phi) is 8.83. The summed E-state index contributed by atoms with van der Waals surface area (Å²) in [5.41, 5.74) is 7.49. The van der Waals surface area contributed by atoms with E-state index in [1.807, 2.05) is 68.4 Å². The molecule has 0 fully saturated rings. The number of carbonyl (C=O) groups excluding carboxylic acids is 1. The van der Waals surface area contributed by atoms with Gasteiger partial charge >= 0.3 is 0 Å². The number of nitrogens with one attached hydrogen (secondary N) is 1. The molecule has 4 nitrogen and oxygen atoms in total. The van der Waals surface area contributed by atoms with E-state index in [0.717, 1.165) is 10.5 Å². The minimum Gasteiger partial charge on any atom is -0.325 e. The van der Waals surface area contributed by atoms with E-state index in [0.29, 0.717) is 23.8 Å². The van der Waals surface area contributed by atoms with Crippen LogP contribution in [0.3, 0.4) is 0 Å². The van der Waals surface area contributed by atoms with Gasteiger partial charge in [0.2, 0.25) is 5.91 Å². The highest BCUT2D eigenvalue weighted by Crippen LogP contribution is 2.16. The second kappa shape index (κ2) is 10.3. The number of rotatable bonds is 7. The van der Waals surface area contributed by atoms with Crippen LogP contribution >= 0.6 is 12.4 Å². The monoisotopic (exact) mass is 380 g/mol. The topological polar surface area (TPSA) is 72.2 Å². The van der Waals surface area contributed by atoms with Crippen molar-refractivity contribution in [1.82, 2.24) is 0 Å². The summed E-state index contributed by atoms with van der Waals surface area (Å²) in [6, 6.07) is 16.3. The van der Waals surface area contributed by atoms with E-state index in [4.69, 9.17) is 5.73 Å². The van der Waals surface area contributed by atoms with Crippen LogP contribution in [-0.4, -0.2) is 16.2 Å². The SMILES string of the molecule is CC(C)C[C@H](N)C(=O)Nc1cccc(CS(=O)c2ccccc2)c1.Cl. The molecular formula is C19H25ClN2O2S. The van der Waals surface area contributed by atoms with E-state index < -0.39 is 16.8 Å². The van der Waals surface area contributed by atoms with Gasteiger partial charge in [0.25, 0.3) is 0 Å². The highest BCUT2D eigenvalue weighted by molar-refractivity contribution is 7.84. The predicted octanol–water partition coefficient (Wildman–Crippen LogP) is 3.73. The second-order valence-corrected chi connectivity index (χ2v) is 7.68. The number of hydrogen-bond donors (Lipinski definition) is 2. The lowest BCUT2D eigenvalue weighted by molar-refractivity contribution is -0.117. The number of benzene rings is 2. The van der Waals surface area contributed by atoms with Gasteiger partial charge in [-0.05, 0) is 42.2 Å². The molecule has 1 unspecified atom stereocenters. The summed E-state index contributed by atoms with van der Waals surface area (Å²) in [6.45, 7) is 4.07. The molecule has 0 aromatic heterocycles. The van der Waals surface area contributed by atoms with E-state index in [-0.39, 0.29) is 18.3 Å². The Labute approximate surface area is 158 Å². The number of anilines is 1. The van der Waals surface area contributed by atoms with Crippen molar-refractivity contribution < 1.29 is 9.00 Å². The maximum absolute atomic E-state index is 12.4. The summed E-state index contributed by atoms with van der Waals surface area (Å²) in [5, 5.41) is 2.84. The molecule has 0 aliphatic rings. The molecule has 0 spiro atoms. The Morgan fingerprint density at radius 2 is 1.80 bits per heavy atom. The Morgan fingerprint density at radius 3 is 2.44 bits per heavy atom. The molecule has 2 aromatic carbocycles. The van der Waals surface area contributed by atoms with E-state index in [9.17, 15) is 9.00 Å². The minimum atomic E-state index is -1.11. The quantitative estimate of drug-likeness (QED) is 0.768. The van der Waals surface area contributed by atoms with E-state index in [1.54, 1.807) is 0 Å². The van der Waals surface area contributed by atoms with E-state index >= 15 is 0 Å². The van der Waals surface area contributed by atoms with Gasteiger partial charge in [-0.3, -0.25) is 9.00 Å². The zero-order chi connectivity index (χ0) is 17.5. The van der Waals surface area contributed by atoms with Gasteiger partial charge in [0.1, 0.15) is 0 Å². The van der Waals surface area contributed by atoms with Crippen molar-refractivity contribution in [2.24, 2.45) is 11.7 Å². The van der Waals surface area contributed by atoms with Crippen LogP contribution in [0.15, 0.2) is 59.5 Å². The van der Waals surface area contributed by atoms with E-state index in [1.165, 1.54) is 0 Å². The molecule has 2 rings (SSSR count). The molecule has 0 bridgehead atoms. The van der Waals surface area contributed by atoms with Crippen molar-refractivity contribution in [1.29, 1.82) is 0 Å². The molecule has 136 valence electrons. The van der Waals surface area contributed by atoms with Gasteiger partial charge < -0.3 is 11.1 Å². The van der Waals surface area contributed by atoms with Crippen LogP contribution in [0.1, 0.15) is 25.8 Å². The fourth-order valence-electron chi connectivity index (χ4n) is 2.40. The molecule has 0 heterocycles. The van der Waals surface area contributed by atoms with Crippen LogP contribution in [0.25, 0.3) is 0 Å². The Bertz CT molecular complexity index is 708. The lowest BCUT2D eigenvalue weighted by atomic mass is 10.0. The molecular weight excluding hydrogens is 356 g/mol. The summed E-state index contributed by atoms with van der Waals surface area (Å²) in [7, 11) is -1.11. The number of halogens is 1. The third-order valence-corrected chi connectivity index (χ3v) is 4.95. The Balaban J connectivity index is 0.00000312. The lowest BCUT2D eigenvalue weighted by Gasteiger charge is -2.14. The molecule has 0 radical (unpaired) electrons. The van der Waals surface area contributed by atoms with Crippen molar-refractivity contribution in [3.05, 3.63) is 60.2 Å². The first-order valence-corrected chi connectivity index (χ1v) is 9.36. The fourth-order valence-corrected chi connectivity index (χ4v) is 3.51. The standard InChI is InChI=1S/C19H24N2O2S.ClH/c1-14(2)11-18(20)19(22)21-16-8-6-7-15(12-16)13-24(23)17-9-4-3-5-10-17;/h3-10,12,14,18H,11,13,20H2,1-2H3,(H,21,22);1H/t18-,24?;/m0./s1. The summed E-state index contributed by atoms with van der Waals surface area (Å²) in [4.78, 5) is 12.9. The highest BCUT2D eigenvalue weighted by Gasteiger charge is 2.15. The van der Waals surface area contributed by atoms with Crippen LogP contribution in [-0.2, 0) is 21.3 Å².